The number of aryl methyl sites for hydroxylation is 1. The molecule has 1 fully saturated rings. The second kappa shape index (κ2) is 12.0. The molecule has 0 unspecified atom stereocenters. The predicted octanol–water partition coefficient (Wildman–Crippen LogP) is 2.51. The van der Waals surface area contributed by atoms with Gasteiger partial charge in [0.1, 0.15) is 5.75 Å². The highest BCUT2D eigenvalue weighted by atomic mass is 127. The SMILES string of the molecule is CCNC(=NCCCOc1ccc(C)cc1)N1CCN(C(C)=O)CC1.I. The lowest BCUT2D eigenvalue weighted by Gasteiger charge is -2.36. The van der Waals surface area contributed by atoms with E-state index >= 15 is 0 Å². The van der Waals surface area contributed by atoms with Gasteiger partial charge in [-0.15, -0.1) is 24.0 Å². The number of benzene rings is 1. The molecule has 26 heavy (non-hydrogen) atoms. The number of nitrogens with one attached hydrogen (secondary N) is 1. The van der Waals surface area contributed by atoms with E-state index in [1.807, 2.05) is 17.0 Å². The van der Waals surface area contributed by atoms with Crippen LogP contribution in [0, 0.1) is 6.92 Å². The van der Waals surface area contributed by atoms with Crippen LogP contribution in [0.3, 0.4) is 0 Å². The summed E-state index contributed by atoms with van der Waals surface area (Å²) in [5, 5.41) is 3.34. The molecule has 0 spiro atoms. The number of nitrogens with zero attached hydrogens (tertiary/aromatic N) is 3. The van der Waals surface area contributed by atoms with Gasteiger partial charge in [0.15, 0.2) is 5.96 Å². The van der Waals surface area contributed by atoms with Gasteiger partial charge in [-0.05, 0) is 26.0 Å². The van der Waals surface area contributed by atoms with Gasteiger partial charge in [-0.3, -0.25) is 9.79 Å². The zero-order valence-electron chi connectivity index (χ0n) is 16.0. The Morgan fingerprint density at radius 3 is 2.35 bits per heavy atom. The maximum atomic E-state index is 11.4. The van der Waals surface area contributed by atoms with Crippen LogP contribution >= 0.6 is 24.0 Å². The van der Waals surface area contributed by atoms with Gasteiger partial charge in [-0.2, -0.15) is 0 Å². The smallest absolute Gasteiger partial charge is 0.219 e. The van der Waals surface area contributed by atoms with E-state index in [-0.39, 0.29) is 29.9 Å². The summed E-state index contributed by atoms with van der Waals surface area (Å²) in [4.78, 5) is 20.2. The number of aliphatic imine (C=N–C) groups is 1. The molecule has 1 saturated heterocycles. The number of hydrogen-bond acceptors (Lipinski definition) is 3. The number of hydrogen-bond donors (Lipinski definition) is 1. The van der Waals surface area contributed by atoms with E-state index in [1.165, 1.54) is 5.56 Å². The second-order valence-electron chi connectivity index (χ2n) is 6.24. The maximum absolute atomic E-state index is 11.4. The van der Waals surface area contributed by atoms with Crippen molar-refractivity contribution in [3.63, 3.8) is 0 Å². The minimum Gasteiger partial charge on any atom is -0.494 e. The Balaban J connectivity index is 0.00000338. The van der Waals surface area contributed by atoms with Gasteiger partial charge in [0.2, 0.25) is 5.91 Å². The normalized spacial score (nSPS) is 14.7. The molecule has 1 amide bonds. The van der Waals surface area contributed by atoms with Crippen LogP contribution in [0.1, 0.15) is 25.8 Å². The lowest BCUT2D eigenvalue weighted by Crippen LogP contribution is -2.53. The van der Waals surface area contributed by atoms with Crippen molar-refractivity contribution in [1.82, 2.24) is 15.1 Å². The molecule has 1 aliphatic rings. The average Bonchev–Trinajstić information content (AvgIpc) is 2.62. The molecule has 1 aromatic carbocycles. The first-order chi connectivity index (χ1) is 12.1. The highest BCUT2D eigenvalue weighted by molar-refractivity contribution is 14.0. The van der Waals surface area contributed by atoms with Crippen LogP contribution in [0.4, 0.5) is 0 Å². The summed E-state index contributed by atoms with van der Waals surface area (Å²) in [6.07, 6.45) is 0.871. The second-order valence-corrected chi connectivity index (χ2v) is 6.24. The summed E-state index contributed by atoms with van der Waals surface area (Å²) in [6, 6.07) is 8.10. The molecular formula is C19H31IN4O2. The van der Waals surface area contributed by atoms with Crippen molar-refractivity contribution in [3.05, 3.63) is 29.8 Å². The van der Waals surface area contributed by atoms with E-state index < -0.39 is 0 Å². The van der Waals surface area contributed by atoms with Crippen molar-refractivity contribution >= 4 is 35.8 Å². The Labute approximate surface area is 174 Å². The monoisotopic (exact) mass is 474 g/mol. The highest BCUT2D eigenvalue weighted by Crippen LogP contribution is 2.11. The molecule has 0 radical (unpaired) electrons. The van der Waals surface area contributed by atoms with Gasteiger partial charge in [0, 0.05) is 52.6 Å². The van der Waals surface area contributed by atoms with E-state index in [0.29, 0.717) is 6.61 Å². The fraction of sp³-hybridized carbons (Fsp3) is 0.579. The summed E-state index contributed by atoms with van der Waals surface area (Å²) in [5.41, 5.74) is 1.23. The molecule has 2 rings (SSSR count). The van der Waals surface area contributed by atoms with Crippen molar-refractivity contribution in [2.75, 3.05) is 45.9 Å². The summed E-state index contributed by atoms with van der Waals surface area (Å²) in [7, 11) is 0. The van der Waals surface area contributed by atoms with E-state index in [0.717, 1.165) is 57.4 Å². The summed E-state index contributed by atoms with van der Waals surface area (Å²) in [5.74, 6) is 1.98. The Morgan fingerprint density at radius 1 is 1.15 bits per heavy atom. The maximum Gasteiger partial charge on any atom is 0.219 e. The predicted molar refractivity (Wildman–Crippen MR) is 117 cm³/mol. The summed E-state index contributed by atoms with van der Waals surface area (Å²) in [6.45, 7) is 11.2. The van der Waals surface area contributed by atoms with Gasteiger partial charge in [0.25, 0.3) is 0 Å². The lowest BCUT2D eigenvalue weighted by molar-refractivity contribution is -0.130. The van der Waals surface area contributed by atoms with Gasteiger partial charge in [-0.25, -0.2) is 0 Å². The third-order valence-corrected chi connectivity index (χ3v) is 4.21. The van der Waals surface area contributed by atoms with Crippen LogP contribution in [-0.2, 0) is 4.79 Å². The molecule has 0 saturated carbocycles. The van der Waals surface area contributed by atoms with Crippen LogP contribution in [0.15, 0.2) is 29.3 Å². The fourth-order valence-corrected chi connectivity index (χ4v) is 2.73. The number of carbonyl (C=O) groups excluding carboxylic acids is 1. The molecule has 7 heteroatoms. The first-order valence-electron chi connectivity index (χ1n) is 9.08. The molecule has 0 atom stereocenters. The Morgan fingerprint density at radius 2 is 1.77 bits per heavy atom. The van der Waals surface area contributed by atoms with Gasteiger partial charge < -0.3 is 19.9 Å². The van der Waals surface area contributed by atoms with E-state index in [9.17, 15) is 4.79 Å². The molecule has 6 nitrogen and oxygen atoms in total. The van der Waals surface area contributed by atoms with E-state index in [2.05, 4.69) is 36.2 Å². The highest BCUT2D eigenvalue weighted by Gasteiger charge is 2.20. The minimum absolute atomic E-state index is 0. The number of carbonyl (C=O) groups is 1. The molecule has 0 bridgehead atoms. The molecular weight excluding hydrogens is 443 g/mol. The first kappa shape index (κ1) is 22.5. The molecule has 1 heterocycles. The Kier molecular flexibility index (Phi) is 10.4. The van der Waals surface area contributed by atoms with Gasteiger partial charge in [0.05, 0.1) is 6.61 Å². The molecule has 1 aliphatic heterocycles. The fourth-order valence-electron chi connectivity index (χ4n) is 2.73. The molecule has 1 N–H and O–H groups in total. The van der Waals surface area contributed by atoms with Crippen molar-refractivity contribution < 1.29 is 9.53 Å². The zero-order chi connectivity index (χ0) is 18.1. The number of ether oxygens (including phenoxy) is 1. The number of halogens is 1. The van der Waals surface area contributed by atoms with Crippen molar-refractivity contribution in [2.24, 2.45) is 4.99 Å². The summed E-state index contributed by atoms with van der Waals surface area (Å²) < 4.78 is 5.74. The molecule has 0 aromatic heterocycles. The Hall–Kier alpha value is -1.51. The van der Waals surface area contributed by atoms with Crippen LogP contribution in [-0.4, -0.2) is 67.5 Å². The lowest BCUT2D eigenvalue weighted by atomic mass is 10.2. The molecule has 0 aliphatic carbocycles. The summed E-state index contributed by atoms with van der Waals surface area (Å²) >= 11 is 0. The quantitative estimate of drug-likeness (QED) is 0.298. The van der Waals surface area contributed by atoms with E-state index in [4.69, 9.17) is 9.73 Å². The molecule has 1 aromatic rings. The zero-order valence-corrected chi connectivity index (χ0v) is 18.4. The Bertz CT molecular complexity index is 569. The van der Waals surface area contributed by atoms with Crippen LogP contribution < -0.4 is 10.1 Å². The topological polar surface area (TPSA) is 57.2 Å². The standard InChI is InChI=1S/C19H30N4O2.HI/c1-4-20-19(23-13-11-22(12-14-23)17(3)24)21-10-5-15-25-18-8-6-16(2)7-9-18;/h6-9H,4-5,10-15H2,1-3H3,(H,20,21);1H. The first-order valence-corrected chi connectivity index (χ1v) is 9.08. The third kappa shape index (κ3) is 7.39. The van der Waals surface area contributed by atoms with Gasteiger partial charge in [-0.1, -0.05) is 17.7 Å². The third-order valence-electron chi connectivity index (χ3n) is 4.21. The van der Waals surface area contributed by atoms with Crippen LogP contribution in [0.25, 0.3) is 0 Å². The van der Waals surface area contributed by atoms with Crippen molar-refractivity contribution in [1.29, 1.82) is 0 Å². The van der Waals surface area contributed by atoms with Gasteiger partial charge >= 0.3 is 0 Å². The number of guanidine groups is 1. The van der Waals surface area contributed by atoms with Crippen molar-refractivity contribution in [3.8, 4) is 5.75 Å². The van der Waals surface area contributed by atoms with Crippen LogP contribution in [0.2, 0.25) is 0 Å². The minimum atomic E-state index is 0. The number of amides is 1. The van der Waals surface area contributed by atoms with Crippen molar-refractivity contribution in [2.45, 2.75) is 27.2 Å². The average molecular weight is 474 g/mol. The number of rotatable bonds is 6. The largest absolute Gasteiger partial charge is 0.494 e. The number of piperazine rings is 1. The molecule has 146 valence electrons. The van der Waals surface area contributed by atoms with Crippen LogP contribution in [0.5, 0.6) is 5.75 Å². The van der Waals surface area contributed by atoms with E-state index in [1.54, 1.807) is 6.92 Å².